The van der Waals surface area contributed by atoms with Crippen LogP contribution in [0, 0.1) is 6.92 Å². The van der Waals surface area contributed by atoms with Gasteiger partial charge in [-0.05, 0) is 48.9 Å². The summed E-state index contributed by atoms with van der Waals surface area (Å²) in [5.74, 6) is 0.253. The molecule has 3 rings (SSSR count). The third kappa shape index (κ3) is 4.57. The van der Waals surface area contributed by atoms with Gasteiger partial charge in [0.05, 0.1) is 0 Å². The predicted molar refractivity (Wildman–Crippen MR) is 102 cm³/mol. The number of nitrogens with one attached hydrogen (secondary N) is 1. The van der Waals surface area contributed by atoms with Crippen LogP contribution in [0.1, 0.15) is 21.5 Å². The lowest BCUT2D eigenvalue weighted by atomic mass is 10.0. The largest absolute Gasteiger partial charge is 0.484 e. The second-order valence-corrected chi connectivity index (χ2v) is 5.93. The van der Waals surface area contributed by atoms with Gasteiger partial charge in [-0.15, -0.1) is 0 Å². The van der Waals surface area contributed by atoms with Crippen molar-refractivity contribution in [2.75, 3.05) is 11.9 Å². The molecular formula is C22H19NO3. The van der Waals surface area contributed by atoms with Gasteiger partial charge in [0.25, 0.3) is 5.91 Å². The van der Waals surface area contributed by atoms with Crippen LogP contribution in [0.4, 0.5) is 5.69 Å². The highest BCUT2D eigenvalue weighted by atomic mass is 16.5. The monoisotopic (exact) mass is 345 g/mol. The minimum atomic E-state index is -0.236. The van der Waals surface area contributed by atoms with Crippen molar-refractivity contribution in [1.29, 1.82) is 0 Å². The van der Waals surface area contributed by atoms with Gasteiger partial charge in [-0.25, -0.2) is 0 Å². The van der Waals surface area contributed by atoms with E-state index < -0.39 is 0 Å². The minimum absolute atomic E-state index is 0.0469. The van der Waals surface area contributed by atoms with Gasteiger partial charge in [0.2, 0.25) is 0 Å². The highest BCUT2D eigenvalue weighted by Crippen LogP contribution is 2.16. The minimum Gasteiger partial charge on any atom is -0.484 e. The smallest absolute Gasteiger partial charge is 0.262 e. The first-order chi connectivity index (χ1) is 12.6. The van der Waals surface area contributed by atoms with E-state index in [2.05, 4.69) is 5.32 Å². The zero-order chi connectivity index (χ0) is 18.4. The molecule has 0 aliphatic carbocycles. The number of carbonyl (C=O) groups is 2. The van der Waals surface area contributed by atoms with Crippen molar-refractivity contribution in [3.05, 3.63) is 95.6 Å². The fourth-order valence-corrected chi connectivity index (χ4v) is 2.53. The molecule has 0 bridgehead atoms. The zero-order valence-corrected chi connectivity index (χ0v) is 14.4. The number of benzene rings is 3. The van der Waals surface area contributed by atoms with Crippen LogP contribution in [0.15, 0.2) is 78.9 Å². The Hall–Kier alpha value is -3.40. The number of ketones is 1. The molecule has 0 saturated heterocycles. The van der Waals surface area contributed by atoms with Crippen LogP contribution < -0.4 is 10.1 Å². The highest BCUT2D eigenvalue weighted by Gasteiger charge is 2.09. The van der Waals surface area contributed by atoms with E-state index in [4.69, 9.17) is 4.74 Å². The number of rotatable bonds is 6. The topological polar surface area (TPSA) is 55.4 Å². The van der Waals surface area contributed by atoms with Gasteiger partial charge in [-0.2, -0.15) is 0 Å². The fourth-order valence-electron chi connectivity index (χ4n) is 2.53. The van der Waals surface area contributed by atoms with E-state index in [1.165, 1.54) is 0 Å². The maximum absolute atomic E-state index is 12.3. The molecule has 4 nitrogen and oxygen atoms in total. The van der Waals surface area contributed by atoms with Crippen LogP contribution in [0.25, 0.3) is 0 Å². The number of hydrogen-bond acceptors (Lipinski definition) is 3. The average molecular weight is 345 g/mol. The Morgan fingerprint density at radius 2 is 1.54 bits per heavy atom. The van der Waals surface area contributed by atoms with Crippen molar-refractivity contribution in [1.82, 2.24) is 0 Å². The van der Waals surface area contributed by atoms with Crippen molar-refractivity contribution in [3.8, 4) is 5.75 Å². The maximum atomic E-state index is 12.3. The average Bonchev–Trinajstić information content (AvgIpc) is 2.67. The van der Waals surface area contributed by atoms with Gasteiger partial charge in [0, 0.05) is 16.8 Å². The summed E-state index contributed by atoms with van der Waals surface area (Å²) in [4.78, 5) is 24.3. The summed E-state index contributed by atoms with van der Waals surface area (Å²) in [7, 11) is 0. The molecule has 0 heterocycles. The molecule has 0 aliphatic rings. The molecule has 1 N–H and O–H groups in total. The van der Waals surface area contributed by atoms with E-state index >= 15 is 0 Å². The molecule has 0 radical (unpaired) electrons. The summed E-state index contributed by atoms with van der Waals surface area (Å²) in [6, 6.07) is 23.4. The maximum Gasteiger partial charge on any atom is 0.262 e. The van der Waals surface area contributed by atoms with Gasteiger partial charge in [0.1, 0.15) is 5.75 Å². The highest BCUT2D eigenvalue weighted by molar-refractivity contribution is 6.09. The van der Waals surface area contributed by atoms with Crippen molar-refractivity contribution >= 4 is 17.4 Å². The van der Waals surface area contributed by atoms with E-state index in [-0.39, 0.29) is 18.3 Å². The third-order valence-electron chi connectivity index (χ3n) is 3.82. The normalized spacial score (nSPS) is 10.2. The molecule has 0 spiro atoms. The number of aryl methyl sites for hydroxylation is 1. The predicted octanol–water partition coefficient (Wildman–Crippen LogP) is 4.24. The Labute approximate surface area is 152 Å². The quantitative estimate of drug-likeness (QED) is 0.680. The second kappa shape index (κ2) is 8.12. The van der Waals surface area contributed by atoms with Crippen molar-refractivity contribution in [2.45, 2.75) is 6.92 Å². The number of amides is 1. The Kier molecular flexibility index (Phi) is 5.44. The van der Waals surface area contributed by atoms with Gasteiger partial charge in [-0.1, -0.05) is 42.5 Å². The first kappa shape index (κ1) is 17.4. The lowest BCUT2D eigenvalue weighted by molar-refractivity contribution is -0.118. The van der Waals surface area contributed by atoms with Gasteiger partial charge < -0.3 is 10.1 Å². The van der Waals surface area contributed by atoms with E-state index in [1.807, 2.05) is 49.4 Å². The lowest BCUT2D eigenvalue weighted by Crippen LogP contribution is -2.20. The molecule has 3 aromatic rings. The van der Waals surface area contributed by atoms with Gasteiger partial charge >= 0.3 is 0 Å². The second-order valence-electron chi connectivity index (χ2n) is 5.93. The first-order valence-electron chi connectivity index (χ1n) is 8.31. The Morgan fingerprint density at radius 1 is 0.846 bits per heavy atom. The van der Waals surface area contributed by atoms with E-state index in [0.29, 0.717) is 16.9 Å². The molecule has 3 aromatic carbocycles. The summed E-state index contributed by atoms with van der Waals surface area (Å²) in [6.45, 7) is 1.87. The number of anilines is 1. The lowest BCUT2D eigenvalue weighted by Gasteiger charge is -2.08. The summed E-state index contributed by atoms with van der Waals surface area (Å²) < 4.78 is 5.49. The standard InChI is InChI=1S/C22H19NO3/c1-16-6-5-9-19(14-16)23-21(24)15-26-20-12-10-18(11-13-20)22(25)17-7-3-2-4-8-17/h2-14H,15H2,1H3,(H,23,24). The molecule has 0 aliphatic heterocycles. The van der Waals surface area contributed by atoms with E-state index in [1.54, 1.807) is 36.4 Å². The molecule has 0 aromatic heterocycles. The molecule has 1 amide bonds. The Balaban J connectivity index is 1.56. The zero-order valence-electron chi connectivity index (χ0n) is 14.4. The molecule has 26 heavy (non-hydrogen) atoms. The van der Waals surface area contributed by atoms with Crippen molar-refractivity contribution < 1.29 is 14.3 Å². The summed E-state index contributed by atoms with van der Waals surface area (Å²) >= 11 is 0. The molecule has 0 fully saturated rings. The van der Waals surface area contributed by atoms with Crippen LogP contribution in [-0.4, -0.2) is 18.3 Å². The van der Waals surface area contributed by atoms with E-state index in [9.17, 15) is 9.59 Å². The van der Waals surface area contributed by atoms with Crippen LogP contribution in [0.3, 0.4) is 0 Å². The molecular weight excluding hydrogens is 326 g/mol. The van der Waals surface area contributed by atoms with Gasteiger partial charge in [-0.3, -0.25) is 9.59 Å². The van der Waals surface area contributed by atoms with Crippen LogP contribution >= 0.6 is 0 Å². The number of hydrogen-bond donors (Lipinski definition) is 1. The molecule has 0 saturated carbocycles. The van der Waals surface area contributed by atoms with Crippen LogP contribution in [0.5, 0.6) is 5.75 Å². The van der Waals surface area contributed by atoms with Crippen LogP contribution in [0.2, 0.25) is 0 Å². The summed E-state index contributed by atoms with van der Waals surface area (Å²) in [5.41, 5.74) is 3.02. The Bertz CT molecular complexity index is 902. The van der Waals surface area contributed by atoms with Gasteiger partial charge in [0.15, 0.2) is 12.4 Å². The van der Waals surface area contributed by atoms with E-state index in [0.717, 1.165) is 11.3 Å². The Morgan fingerprint density at radius 3 is 2.23 bits per heavy atom. The first-order valence-corrected chi connectivity index (χ1v) is 8.31. The van der Waals surface area contributed by atoms with Crippen molar-refractivity contribution in [2.24, 2.45) is 0 Å². The molecule has 0 atom stereocenters. The number of carbonyl (C=O) groups excluding carboxylic acids is 2. The van der Waals surface area contributed by atoms with Crippen LogP contribution in [-0.2, 0) is 4.79 Å². The fraction of sp³-hybridized carbons (Fsp3) is 0.0909. The molecule has 130 valence electrons. The number of ether oxygens (including phenoxy) is 1. The molecule has 4 heteroatoms. The molecule has 0 unspecified atom stereocenters. The summed E-state index contributed by atoms with van der Waals surface area (Å²) in [6.07, 6.45) is 0. The van der Waals surface area contributed by atoms with Crippen molar-refractivity contribution in [3.63, 3.8) is 0 Å². The SMILES string of the molecule is Cc1cccc(NC(=O)COc2ccc(C(=O)c3ccccc3)cc2)c1. The third-order valence-corrected chi connectivity index (χ3v) is 3.82. The summed E-state index contributed by atoms with van der Waals surface area (Å²) in [5, 5.41) is 2.79.